The van der Waals surface area contributed by atoms with Crippen LogP contribution in [0.3, 0.4) is 0 Å². The normalized spacial score (nSPS) is 19.0. The molecule has 0 bridgehead atoms. The third-order valence-corrected chi connectivity index (χ3v) is 4.16. The minimum atomic E-state index is -1.69. The molecular formula is C20H18O4. The second-order valence-electron chi connectivity index (χ2n) is 5.64. The fourth-order valence-electron chi connectivity index (χ4n) is 3.06. The number of fused-ring (bicyclic) bond motifs is 3. The van der Waals surface area contributed by atoms with Crippen LogP contribution in [0.15, 0.2) is 60.7 Å². The number of esters is 1. The summed E-state index contributed by atoms with van der Waals surface area (Å²) in [7, 11) is 0. The van der Waals surface area contributed by atoms with Gasteiger partial charge in [-0.3, -0.25) is 4.79 Å². The van der Waals surface area contributed by atoms with Crippen LogP contribution < -0.4 is 0 Å². The van der Waals surface area contributed by atoms with Gasteiger partial charge in [0.15, 0.2) is 11.4 Å². The van der Waals surface area contributed by atoms with E-state index in [9.17, 15) is 14.7 Å². The molecule has 0 aromatic heterocycles. The van der Waals surface area contributed by atoms with Gasteiger partial charge in [0.2, 0.25) is 0 Å². The Bertz CT molecular complexity index is 822. The van der Waals surface area contributed by atoms with E-state index in [1.807, 2.05) is 24.3 Å². The minimum Gasteiger partial charge on any atom is -0.463 e. The predicted molar refractivity (Wildman–Crippen MR) is 90.5 cm³/mol. The maximum Gasteiger partial charge on any atom is 0.330 e. The van der Waals surface area contributed by atoms with E-state index in [-0.39, 0.29) is 18.8 Å². The van der Waals surface area contributed by atoms with Crippen molar-refractivity contribution in [2.24, 2.45) is 0 Å². The zero-order valence-corrected chi connectivity index (χ0v) is 13.4. The Morgan fingerprint density at radius 1 is 1.08 bits per heavy atom. The van der Waals surface area contributed by atoms with E-state index in [0.717, 1.165) is 11.1 Å². The molecule has 0 fully saturated rings. The van der Waals surface area contributed by atoms with Gasteiger partial charge in [-0.25, -0.2) is 4.79 Å². The molecule has 0 radical (unpaired) electrons. The van der Waals surface area contributed by atoms with Crippen LogP contribution >= 0.6 is 0 Å². The van der Waals surface area contributed by atoms with E-state index in [4.69, 9.17) is 4.74 Å². The number of hydrogen-bond donors (Lipinski definition) is 1. The van der Waals surface area contributed by atoms with Crippen LogP contribution in [-0.2, 0) is 15.1 Å². The summed E-state index contributed by atoms with van der Waals surface area (Å²) in [4.78, 5) is 24.3. The van der Waals surface area contributed by atoms with E-state index in [1.54, 1.807) is 31.2 Å². The first-order valence-corrected chi connectivity index (χ1v) is 7.87. The highest BCUT2D eigenvalue weighted by atomic mass is 16.5. The van der Waals surface area contributed by atoms with Gasteiger partial charge in [0, 0.05) is 18.1 Å². The van der Waals surface area contributed by atoms with Crippen LogP contribution in [0.1, 0.15) is 29.3 Å². The molecule has 24 heavy (non-hydrogen) atoms. The van der Waals surface area contributed by atoms with Crippen molar-refractivity contribution < 1.29 is 19.4 Å². The van der Waals surface area contributed by atoms with Gasteiger partial charge >= 0.3 is 5.97 Å². The molecular weight excluding hydrogens is 304 g/mol. The monoisotopic (exact) mass is 322 g/mol. The van der Waals surface area contributed by atoms with Gasteiger partial charge in [0.1, 0.15) is 0 Å². The highest BCUT2D eigenvalue weighted by Crippen LogP contribution is 2.43. The van der Waals surface area contributed by atoms with Crippen molar-refractivity contribution in [3.05, 3.63) is 71.8 Å². The second-order valence-corrected chi connectivity index (χ2v) is 5.64. The first kappa shape index (κ1) is 16.1. The number of carbonyl (C=O) groups excluding carboxylic acids is 2. The van der Waals surface area contributed by atoms with Crippen LogP contribution in [0, 0.1) is 0 Å². The molecule has 0 heterocycles. The van der Waals surface area contributed by atoms with Gasteiger partial charge in [-0.15, -0.1) is 0 Å². The lowest BCUT2D eigenvalue weighted by molar-refractivity contribution is -0.137. The van der Waals surface area contributed by atoms with Gasteiger partial charge in [-0.05, 0) is 23.6 Å². The summed E-state index contributed by atoms with van der Waals surface area (Å²) in [6.45, 7) is 2.00. The van der Waals surface area contributed by atoms with E-state index < -0.39 is 11.6 Å². The summed E-state index contributed by atoms with van der Waals surface area (Å²) < 4.78 is 4.82. The van der Waals surface area contributed by atoms with E-state index in [2.05, 4.69) is 0 Å². The number of hydrogen-bond acceptors (Lipinski definition) is 4. The maximum absolute atomic E-state index is 12.9. The van der Waals surface area contributed by atoms with Crippen molar-refractivity contribution in [1.29, 1.82) is 0 Å². The topological polar surface area (TPSA) is 63.6 Å². The number of rotatable bonds is 4. The predicted octanol–water partition coefficient (Wildman–Crippen LogP) is 3.25. The fourth-order valence-corrected chi connectivity index (χ4v) is 3.06. The van der Waals surface area contributed by atoms with E-state index in [1.165, 1.54) is 12.2 Å². The summed E-state index contributed by atoms with van der Waals surface area (Å²) in [5.41, 5.74) is 1.01. The molecule has 1 atom stereocenters. The molecule has 4 nitrogen and oxygen atoms in total. The quantitative estimate of drug-likeness (QED) is 0.693. The Labute approximate surface area is 140 Å². The van der Waals surface area contributed by atoms with Crippen molar-refractivity contribution in [3.63, 3.8) is 0 Å². The van der Waals surface area contributed by atoms with Gasteiger partial charge in [-0.1, -0.05) is 54.6 Å². The molecule has 1 aliphatic rings. The maximum atomic E-state index is 12.9. The number of ether oxygens (including phenoxy) is 1. The van der Waals surface area contributed by atoms with Crippen LogP contribution in [0.2, 0.25) is 0 Å². The Morgan fingerprint density at radius 2 is 1.71 bits per heavy atom. The SMILES string of the molecule is CCOC(=O)/C=C\CC1(O)C(=O)c2ccccc2-c2ccccc21. The van der Waals surface area contributed by atoms with Gasteiger partial charge < -0.3 is 9.84 Å². The summed E-state index contributed by atoms with van der Waals surface area (Å²) >= 11 is 0. The lowest BCUT2D eigenvalue weighted by Crippen LogP contribution is -2.38. The Morgan fingerprint density at radius 3 is 2.42 bits per heavy atom. The summed E-state index contributed by atoms with van der Waals surface area (Å²) in [6, 6.07) is 14.5. The highest BCUT2D eigenvalue weighted by molar-refractivity contribution is 6.11. The smallest absolute Gasteiger partial charge is 0.330 e. The standard InChI is InChI=1S/C20H18O4/c1-2-24-18(21)12-7-13-20(23)17-11-6-5-9-15(17)14-8-3-4-10-16(14)19(20)22/h3-12,23H,2,13H2,1H3/b12-7-. The Hall–Kier alpha value is -2.72. The minimum absolute atomic E-state index is 0.00992. The van der Waals surface area contributed by atoms with Crippen molar-refractivity contribution in [2.75, 3.05) is 6.61 Å². The average molecular weight is 322 g/mol. The van der Waals surface area contributed by atoms with Crippen LogP contribution in [-0.4, -0.2) is 23.5 Å². The second kappa shape index (κ2) is 6.42. The molecule has 0 aliphatic heterocycles. The third-order valence-electron chi connectivity index (χ3n) is 4.16. The number of ketones is 1. The number of benzene rings is 2. The molecule has 4 heteroatoms. The highest BCUT2D eigenvalue weighted by Gasteiger charge is 2.43. The third kappa shape index (κ3) is 2.65. The van der Waals surface area contributed by atoms with Crippen molar-refractivity contribution in [2.45, 2.75) is 18.9 Å². The van der Waals surface area contributed by atoms with Crippen molar-refractivity contribution in [3.8, 4) is 11.1 Å². The lowest BCUT2D eigenvalue weighted by Gasteiger charge is -2.33. The van der Waals surface area contributed by atoms with Crippen LogP contribution in [0.25, 0.3) is 11.1 Å². The molecule has 1 unspecified atom stereocenters. The number of aliphatic hydroxyl groups is 1. The lowest BCUT2D eigenvalue weighted by atomic mass is 9.73. The molecule has 1 N–H and O–H groups in total. The van der Waals surface area contributed by atoms with Crippen molar-refractivity contribution >= 4 is 11.8 Å². The number of carbonyl (C=O) groups is 2. The number of Topliss-reactive ketones (excluding diaryl/α,β-unsaturated/α-hetero) is 1. The van der Waals surface area contributed by atoms with Crippen molar-refractivity contribution in [1.82, 2.24) is 0 Å². The first-order chi connectivity index (χ1) is 11.6. The molecule has 0 saturated carbocycles. The summed E-state index contributed by atoms with van der Waals surface area (Å²) in [5, 5.41) is 11.1. The van der Waals surface area contributed by atoms with Gasteiger partial charge in [0.25, 0.3) is 0 Å². The molecule has 3 rings (SSSR count). The molecule has 0 amide bonds. The van der Waals surface area contributed by atoms with Crippen LogP contribution in [0.5, 0.6) is 0 Å². The zero-order valence-electron chi connectivity index (χ0n) is 13.4. The molecule has 0 saturated heterocycles. The average Bonchev–Trinajstić information content (AvgIpc) is 2.60. The molecule has 2 aromatic carbocycles. The molecule has 2 aromatic rings. The van der Waals surface area contributed by atoms with Gasteiger partial charge in [0.05, 0.1) is 6.61 Å². The zero-order chi connectivity index (χ0) is 17.2. The fraction of sp³-hybridized carbons (Fsp3) is 0.200. The van der Waals surface area contributed by atoms with E-state index >= 15 is 0 Å². The first-order valence-electron chi connectivity index (χ1n) is 7.87. The molecule has 122 valence electrons. The largest absolute Gasteiger partial charge is 0.463 e. The molecule has 1 aliphatic carbocycles. The van der Waals surface area contributed by atoms with Crippen LogP contribution in [0.4, 0.5) is 0 Å². The van der Waals surface area contributed by atoms with E-state index in [0.29, 0.717) is 11.1 Å². The Balaban J connectivity index is 2.02. The molecule has 0 spiro atoms. The Kier molecular flexibility index (Phi) is 4.32. The summed E-state index contributed by atoms with van der Waals surface area (Å²) in [6.07, 6.45) is 2.74. The summed E-state index contributed by atoms with van der Waals surface area (Å²) in [5.74, 6) is -0.844. The van der Waals surface area contributed by atoms with Gasteiger partial charge in [-0.2, -0.15) is 0 Å².